The van der Waals surface area contributed by atoms with E-state index in [0.29, 0.717) is 11.4 Å². The van der Waals surface area contributed by atoms with Crippen molar-refractivity contribution in [3.8, 4) is 12.1 Å². The van der Waals surface area contributed by atoms with Crippen molar-refractivity contribution in [3.05, 3.63) is 76.9 Å². The van der Waals surface area contributed by atoms with Gasteiger partial charge in [-0.1, -0.05) is 52.8 Å². The maximum atomic E-state index is 13.1. The Labute approximate surface area is 160 Å². The van der Waals surface area contributed by atoms with Crippen LogP contribution in [0.3, 0.4) is 0 Å². The molecule has 1 aliphatic heterocycles. The van der Waals surface area contributed by atoms with Gasteiger partial charge >= 0.3 is 0 Å². The van der Waals surface area contributed by atoms with Crippen molar-refractivity contribution in [1.82, 2.24) is 5.43 Å². The highest BCUT2D eigenvalue weighted by Gasteiger charge is 2.45. The molecule has 1 fully saturated rings. The summed E-state index contributed by atoms with van der Waals surface area (Å²) >= 11 is 3.38. The van der Waals surface area contributed by atoms with E-state index in [0.717, 1.165) is 10.0 Å². The summed E-state index contributed by atoms with van der Waals surface area (Å²) in [6.07, 6.45) is 0. The number of nitrogens with one attached hydrogen (secondary N) is 1. The van der Waals surface area contributed by atoms with Gasteiger partial charge in [0.1, 0.15) is 5.92 Å². The van der Waals surface area contributed by atoms with Crippen molar-refractivity contribution in [3.63, 3.8) is 0 Å². The predicted octanol–water partition coefficient (Wildman–Crippen LogP) is 3.88. The Morgan fingerprint density at radius 2 is 1.69 bits per heavy atom. The minimum atomic E-state index is -0.973. The van der Waals surface area contributed by atoms with Crippen molar-refractivity contribution >= 4 is 27.5 Å². The molecule has 0 bridgehead atoms. The highest BCUT2D eigenvalue weighted by atomic mass is 79.9. The van der Waals surface area contributed by atoms with Crippen LogP contribution in [-0.4, -0.2) is 5.91 Å². The van der Waals surface area contributed by atoms with Crippen molar-refractivity contribution in [1.29, 1.82) is 10.5 Å². The molecule has 0 aliphatic carbocycles. The second-order valence-corrected chi connectivity index (χ2v) is 6.85. The summed E-state index contributed by atoms with van der Waals surface area (Å²) < 4.78 is 0.881. The Morgan fingerprint density at radius 3 is 2.27 bits per heavy atom. The monoisotopic (exact) mass is 406 g/mol. The summed E-state index contributed by atoms with van der Waals surface area (Å²) in [7, 11) is 0. The van der Waals surface area contributed by atoms with Gasteiger partial charge in [0, 0.05) is 16.1 Å². The van der Waals surface area contributed by atoms with Gasteiger partial charge in [-0.05, 0) is 29.8 Å². The largest absolute Gasteiger partial charge is 0.295 e. The van der Waals surface area contributed by atoms with Crippen LogP contribution < -0.4 is 10.4 Å². The zero-order chi connectivity index (χ0) is 18.7. The van der Waals surface area contributed by atoms with Crippen LogP contribution in [0, 0.1) is 34.5 Å². The number of carbonyl (C=O) groups is 1. The molecule has 0 aromatic heterocycles. The van der Waals surface area contributed by atoms with Gasteiger partial charge in [0.2, 0.25) is 0 Å². The van der Waals surface area contributed by atoms with E-state index in [1.165, 1.54) is 5.01 Å². The van der Waals surface area contributed by atoms with Gasteiger partial charge in [0.25, 0.3) is 5.91 Å². The van der Waals surface area contributed by atoms with Gasteiger partial charge in [-0.2, -0.15) is 10.5 Å². The third-order valence-corrected chi connectivity index (χ3v) is 4.91. The van der Waals surface area contributed by atoms with E-state index in [1.54, 1.807) is 12.1 Å². The zero-order valence-corrected chi connectivity index (χ0v) is 15.3. The molecular weight excluding hydrogens is 392 g/mol. The van der Waals surface area contributed by atoms with E-state index in [4.69, 9.17) is 0 Å². The smallest absolute Gasteiger partial charge is 0.255 e. The maximum Gasteiger partial charge on any atom is 0.255 e. The quantitative estimate of drug-likeness (QED) is 0.835. The average molecular weight is 407 g/mol. The van der Waals surface area contributed by atoms with Crippen LogP contribution >= 0.6 is 15.9 Å². The van der Waals surface area contributed by atoms with E-state index in [1.807, 2.05) is 54.6 Å². The Morgan fingerprint density at radius 1 is 1.08 bits per heavy atom. The molecule has 26 heavy (non-hydrogen) atoms. The van der Waals surface area contributed by atoms with Gasteiger partial charge in [-0.25, -0.2) is 5.01 Å². The van der Waals surface area contributed by atoms with Crippen LogP contribution in [0.2, 0.25) is 0 Å². The Bertz CT molecular complexity index is 898. The molecule has 128 valence electrons. The molecule has 1 saturated heterocycles. The zero-order valence-electron chi connectivity index (χ0n) is 13.8. The minimum Gasteiger partial charge on any atom is -0.295 e. The molecule has 2 aromatic rings. The molecule has 1 amide bonds. The van der Waals surface area contributed by atoms with Gasteiger partial charge in [0.15, 0.2) is 0 Å². The first-order valence-corrected chi connectivity index (χ1v) is 8.75. The molecule has 0 spiro atoms. The molecule has 0 saturated carbocycles. The van der Waals surface area contributed by atoms with Crippen molar-refractivity contribution in [2.75, 3.05) is 5.01 Å². The lowest BCUT2D eigenvalue weighted by Gasteiger charge is -2.23. The van der Waals surface area contributed by atoms with Crippen LogP contribution in [0.4, 0.5) is 5.69 Å². The first-order chi connectivity index (χ1) is 12.6. The Balaban J connectivity index is 2.03. The number of benzene rings is 2. The van der Waals surface area contributed by atoms with E-state index in [2.05, 4.69) is 27.9 Å². The van der Waals surface area contributed by atoms with Crippen LogP contribution in [0.15, 0.2) is 71.3 Å². The van der Waals surface area contributed by atoms with E-state index < -0.39 is 17.8 Å². The normalized spacial score (nSPS) is 17.5. The Kier molecular flexibility index (Phi) is 5.06. The summed E-state index contributed by atoms with van der Waals surface area (Å²) in [6, 6.07) is 20.5. The standard InChI is InChI=1S/C20H15BrN4O/c1-13-18(20(26)25(24-13)17-5-3-2-4-6-17)19(15(11-22)12-23)14-7-9-16(21)10-8-14/h2-10,15,18-19,24H,1H2. The number of hydrogen-bond acceptors (Lipinski definition) is 4. The van der Waals surface area contributed by atoms with Gasteiger partial charge in [-0.3, -0.25) is 10.2 Å². The number of nitriles is 2. The number of para-hydroxylation sites is 1. The lowest BCUT2D eigenvalue weighted by atomic mass is 9.76. The second-order valence-electron chi connectivity index (χ2n) is 5.94. The topological polar surface area (TPSA) is 79.9 Å². The molecule has 0 radical (unpaired) electrons. The summed E-state index contributed by atoms with van der Waals surface area (Å²) in [5.74, 6) is -2.52. The third kappa shape index (κ3) is 3.20. The fraction of sp³-hybridized carbons (Fsp3) is 0.150. The van der Waals surface area contributed by atoms with Crippen LogP contribution in [0.5, 0.6) is 0 Å². The number of hydrogen-bond donors (Lipinski definition) is 1. The van der Waals surface area contributed by atoms with E-state index >= 15 is 0 Å². The summed E-state index contributed by atoms with van der Waals surface area (Å²) in [4.78, 5) is 13.1. The second kappa shape index (κ2) is 7.43. The number of hydrazine groups is 1. The van der Waals surface area contributed by atoms with Crippen molar-refractivity contribution < 1.29 is 4.79 Å². The van der Waals surface area contributed by atoms with Crippen molar-refractivity contribution in [2.24, 2.45) is 11.8 Å². The molecule has 5 nitrogen and oxygen atoms in total. The predicted molar refractivity (Wildman–Crippen MR) is 101 cm³/mol. The van der Waals surface area contributed by atoms with Gasteiger partial charge in [0.05, 0.1) is 23.7 Å². The molecule has 2 unspecified atom stereocenters. The molecule has 6 heteroatoms. The molecule has 1 N–H and O–H groups in total. The lowest BCUT2D eigenvalue weighted by molar-refractivity contribution is -0.120. The number of nitrogens with zero attached hydrogens (tertiary/aromatic N) is 3. The average Bonchev–Trinajstić information content (AvgIpc) is 2.96. The lowest BCUT2D eigenvalue weighted by Crippen LogP contribution is -2.35. The molecule has 1 heterocycles. The van der Waals surface area contributed by atoms with Gasteiger partial charge in [-0.15, -0.1) is 0 Å². The first kappa shape index (κ1) is 17.7. The minimum absolute atomic E-state index is 0.232. The SMILES string of the molecule is C=C1NN(c2ccccc2)C(=O)C1C(c1ccc(Br)cc1)C(C#N)C#N. The Hall–Kier alpha value is -3.09. The summed E-state index contributed by atoms with van der Waals surface area (Å²) in [5, 5.41) is 20.4. The fourth-order valence-corrected chi connectivity index (χ4v) is 3.41. The van der Waals surface area contributed by atoms with E-state index in [-0.39, 0.29) is 5.91 Å². The van der Waals surface area contributed by atoms with Crippen molar-refractivity contribution in [2.45, 2.75) is 5.92 Å². The molecule has 3 rings (SSSR count). The molecule has 2 aromatic carbocycles. The first-order valence-electron chi connectivity index (χ1n) is 7.96. The number of rotatable bonds is 4. The molecule has 2 atom stereocenters. The molecular formula is C20H15BrN4O. The number of amides is 1. The molecule has 1 aliphatic rings. The number of anilines is 1. The third-order valence-electron chi connectivity index (χ3n) is 4.38. The summed E-state index contributed by atoms with van der Waals surface area (Å²) in [5.41, 5.74) is 4.90. The summed E-state index contributed by atoms with van der Waals surface area (Å²) in [6.45, 7) is 3.98. The van der Waals surface area contributed by atoms with Crippen LogP contribution in [-0.2, 0) is 4.79 Å². The van der Waals surface area contributed by atoms with Crippen LogP contribution in [0.1, 0.15) is 11.5 Å². The van der Waals surface area contributed by atoms with E-state index in [9.17, 15) is 15.3 Å². The highest BCUT2D eigenvalue weighted by Crippen LogP contribution is 2.40. The number of carbonyl (C=O) groups excluding carboxylic acids is 1. The highest BCUT2D eigenvalue weighted by molar-refractivity contribution is 9.10. The fourth-order valence-electron chi connectivity index (χ4n) is 3.15. The maximum absolute atomic E-state index is 13.1. The number of halogens is 1. The van der Waals surface area contributed by atoms with Crippen LogP contribution in [0.25, 0.3) is 0 Å². The van der Waals surface area contributed by atoms with Gasteiger partial charge < -0.3 is 0 Å².